The Morgan fingerprint density at radius 3 is 2.64 bits per heavy atom. The second kappa shape index (κ2) is 4.33. The Morgan fingerprint density at radius 2 is 2.09 bits per heavy atom. The van der Waals surface area contributed by atoms with Crippen molar-refractivity contribution in [1.29, 1.82) is 0 Å². The molecule has 4 heteroatoms. The molecule has 110 valence electrons. The summed E-state index contributed by atoms with van der Waals surface area (Å²) in [4.78, 5) is 10.4. The van der Waals surface area contributed by atoms with Crippen LogP contribution in [0.4, 0.5) is 5.82 Å². The molecule has 2 atom stereocenters. The van der Waals surface area contributed by atoms with Crippen LogP contribution < -0.4 is 9.88 Å². The number of aryl methyl sites for hydroxylation is 1. The summed E-state index contributed by atoms with van der Waals surface area (Å²) in [5.74, 6) is 7.58. The number of nitrogens with zero attached hydrogens (tertiary/aromatic N) is 2. The molecule has 3 aliphatic rings. The first-order valence-electron chi connectivity index (χ1n) is 8.00. The number of aromatic amines is 1. The van der Waals surface area contributed by atoms with Gasteiger partial charge in [-0.25, -0.2) is 9.97 Å². The Morgan fingerprint density at radius 1 is 1.27 bits per heavy atom. The van der Waals surface area contributed by atoms with Gasteiger partial charge in [-0.3, -0.25) is 4.90 Å². The lowest BCUT2D eigenvalue weighted by atomic mass is 9.43. The molecule has 0 radical (unpaired) electrons. The van der Waals surface area contributed by atoms with Crippen molar-refractivity contribution in [2.24, 2.45) is 5.41 Å². The zero-order valence-electron chi connectivity index (χ0n) is 12.6. The van der Waals surface area contributed by atoms with E-state index in [9.17, 15) is 0 Å². The summed E-state index contributed by atoms with van der Waals surface area (Å²) in [6.45, 7) is 2.01. The van der Waals surface area contributed by atoms with Gasteiger partial charge in [0.25, 0.3) is 5.82 Å². The van der Waals surface area contributed by atoms with Crippen LogP contribution in [0, 0.1) is 24.2 Å². The summed E-state index contributed by atoms with van der Waals surface area (Å²) in [7, 11) is 0. The molecule has 2 aliphatic carbocycles. The van der Waals surface area contributed by atoms with Gasteiger partial charge in [0.15, 0.2) is 0 Å². The Balaban J connectivity index is 1.35. The maximum Gasteiger partial charge on any atom is 0.274 e. The summed E-state index contributed by atoms with van der Waals surface area (Å²) in [5.41, 5.74) is 2.60. The first-order valence-corrected chi connectivity index (χ1v) is 8.88. The van der Waals surface area contributed by atoms with E-state index in [2.05, 4.69) is 38.8 Å². The Bertz CT molecular complexity index is 778. The molecule has 0 aromatic carbocycles. The Kier molecular flexibility index (Phi) is 2.49. The highest BCUT2D eigenvalue weighted by molar-refractivity contribution is 7.09. The average molecular weight is 308 g/mol. The van der Waals surface area contributed by atoms with E-state index < -0.39 is 0 Å². The second-order valence-electron chi connectivity index (χ2n) is 6.71. The van der Waals surface area contributed by atoms with E-state index in [1.54, 1.807) is 11.3 Å². The molecule has 3 heterocycles. The molecule has 1 aliphatic heterocycles. The zero-order chi connectivity index (χ0) is 14.7. The van der Waals surface area contributed by atoms with Gasteiger partial charge < -0.3 is 0 Å². The minimum Gasteiger partial charge on any atom is -0.255 e. The van der Waals surface area contributed by atoms with Crippen molar-refractivity contribution >= 4 is 17.2 Å². The van der Waals surface area contributed by atoms with E-state index in [-0.39, 0.29) is 0 Å². The number of nitrogens with one attached hydrogen (secondary N) is 1. The molecular formula is C18H18N3S+. The third kappa shape index (κ3) is 1.58. The van der Waals surface area contributed by atoms with Crippen LogP contribution >= 0.6 is 11.3 Å². The van der Waals surface area contributed by atoms with E-state index in [0.29, 0.717) is 0 Å². The number of anilines is 1. The lowest BCUT2D eigenvalue weighted by molar-refractivity contribution is -0.370. The van der Waals surface area contributed by atoms with Crippen molar-refractivity contribution in [3.8, 4) is 11.8 Å². The SMILES string of the molecule is Cc1nc(C#Cc2ccc(N3C4CCC45CCC35)[nH+]c2)cs1. The van der Waals surface area contributed by atoms with E-state index in [0.717, 1.165) is 33.8 Å². The van der Waals surface area contributed by atoms with Crippen LogP contribution in [-0.4, -0.2) is 17.1 Å². The summed E-state index contributed by atoms with van der Waals surface area (Å²) >= 11 is 1.64. The van der Waals surface area contributed by atoms with Crippen molar-refractivity contribution in [2.45, 2.75) is 44.7 Å². The maximum atomic E-state index is 4.37. The van der Waals surface area contributed by atoms with Crippen molar-refractivity contribution in [2.75, 3.05) is 4.90 Å². The Labute approximate surface area is 134 Å². The molecule has 0 amide bonds. The average Bonchev–Trinajstić information content (AvgIpc) is 2.88. The predicted octanol–water partition coefficient (Wildman–Crippen LogP) is 2.80. The van der Waals surface area contributed by atoms with Gasteiger partial charge in [0, 0.05) is 11.4 Å². The van der Waals surface area contributed by atoms with Crippen LogP contribution in [0.3, 0.4) is 0 Å². The van der Waals surface area contributed by atoms with Gasteiger partial charge in [0.1, 0.15) is 24.0 Å². The van der Waals surface area contributed by atoms with E-state index in [1.165, 1.54) is 31.5 Å². The molecule has 1 saturated heterocycles. The number of pyridine rings is 1. The molecule has 3 fully saturated rings. The van der Waals surface area contributed by atoms with Crippen molar-refractivity contribution in [3.63, 3.8) is 0 Å². The molecule has 2 aromatic rings. The van der Waals surface area contributed by atoms with Crippen molar-refractivity contribution in [1.82, 2.24) is 4.98 Å². The van der Waals surface area contributed by atoms with Crippen LogP contribution in [0.15, 0.2) is 23.7 Å². The van der Waals surface area contributed by atoms with Gasteiger partial charge in [0.05, 0.1) is 16.0 Å². The monoisotopic (exact) mass is 308 g/mol. The molecule has 2 unspecified atom stereocenters. The highest BCUT2D eigenvalue weighted by Crippen LogP contribution is 2.68. The van der Waals surface area contributed by atoms with Crippen LogP contribution in [-0.2, 0) is 0 Å². The molecule has 22 heavy (non-hydrogen) atoms. The van der Waals surface area contributed by atoms with Crippen LogP contribution in [0.2, 0.25) is 0 Å². The highest BCUT2D eigenvalue weighted by Gasteiger charge is 2.75. The van der Waals surface area contributed by atoms with Crippen LogP contribution in [0.25, 0.3) is 0 Å². The normalized spacial score (nSPS) is 30.9. The topological polar surface area (TPSA) is 30.3 Å². The summed E-state index contributed by atoms with van der Waals surface area (Å²) in [6.07, 6.45) is 7.67. The Hall–Kier alpha value is -1.86. The maximum absolute atomic E-state index is 4.37. The van der Waals surface area contributed by atoms with Gasteiger partial charge in [-0.15, -0.1) is 11.3 Å². The molecule has 1 N–H and O–H groups in total. The first-order chi connectivity index (χ1) is 10.8. The van der Waals surface area contributed by atoms with Crippen molar-refractivity contribution < 1.29 is 4.98 Å². The van der Waals surface area contributed by atoms with Crippen molar-refractivity contribution in [3.05, 3.63) is 40.0 Å². The van der Waals surface area contributed by atoms with Gasteiger partial charge in [-0.05, 0) is 44.6 Å². The molecule has 0 bridgehead atoms. The fourth-order valence-electron chi connectivity index (χ4n) is 4.48. The predicted molar refractivity (Wildman–Crippen MR) is 86.8 cm³/mol. The smallest absolute Gasteiger partial charge is 0.255 e. The standard InChI is InChI=1S/C18H17N3S/c1-12-20-14(11-22-12)4-2-13-3-5-17(19-10-13)21-15-6-8-18(15)9-7-16(18)21/h3,5,10-11,15-16H,6-9H2,1H3/p+1. The molecule has 1 spiro atoms. The number of thiazole rings is 1. The van der Waals surface area contributed by atoms with Gasteiger partial charge in [0.2, 0.25) is 0 Å². The molecule has 5 rings (SSSR count). The summed E-state index contributed by atoms with van der Waals surface area (Å²) < 4.78 is 0. The molecule has 3 nitrogen and oxygen atoms in total. The minimum atomic E-state index is 0.717. The first kappa shape index (κ1) is 12.7. The number of hydrogen-bond donors (Lipinski definition) is 0. The van der Waals surface area contributed by atoms with Gasteiger partial charge >= 0.3 is 0 Å². The fraction of sp³-hybridized carbons (Fsp3) is 0.444. The summed E-state index contributed by atoms with van der Waals surface area (Å²) in [5, 5.41) is 3.07. The zero-order valence-corrected chi connectivity index (χ0v) is 13.4. The van der Waals surface area contributed by atoms with Crippen LogP contribution in [0.5, 0.6) is 0 Å². The molecule has 2 aromatic heterocycles. The highest BCUT2D eigenvalue weighted by atomic mass is 32.1. The quantitative estimate of drug-likeness (QED) is 0.758. The largest absolute Gasteiger partial charge is 0.274 e. The fourth-order valence-corrected chi connectivity index (χ4v) is 5.03. The number of hydrogen-bond acceptors (Lipinski definition) is 3. The third-order valence-electron chi connectivity index (χ3n) is 5.79. The molecule has 2 saturated carbocycles. The van der Waals surface area contributed by atoms with E-state index >= 15 is 0 Å². The van der Waals surface area contributed by atoms with Gasteiger partial charge in [-0.1, -0.05) is 5.92 Å². The number of rotatable bonds is 1. The van der Waals surface area contributed by atoms with Crippen LogP contribution in [0.1, 0.15) is 41.9 Å². The third-order valence-corrected chi connectivity index (χ3v) is 6.57. The second-order valence-corrected chi connectivity index (χ2v) is 7.78. The van der Waals surface area contributed by atoms with Gasteiger partial charge in [-0.2, -0.15) is 0 Å². The molecular weight excluding hydrogens is 290 g/mol. The number of piperidine rings is 2. The lowest BCUT2D eigenvalue weighted by Crippen LogP contribution is -2.82. The van der Waals surface area contributed by atoms with E-state index in [4.69, 9.17) is 0 Å². The number of aromatic nitrogens is 2. The minimum absolute atomic E-state index is 0.717. The summed E-state index contributed by atoms with van der Waals surface area (Å²) in [6, 6.07) is 5.92. The van der Waals surface area contributed by atoms with E-state index in [1.807, 2.05) is 18.5 Å². The lowest BCUT2D eigenvalue weighted by Gasteiger charge is -2.71. The number of H-pyrrole nitrogens is 1.